The van der Waals surface area contributed by atoms with Gasteiger partial charge in [0, 0.05) is 6.54 Å². The predicted octanol–water partition coefficient (Wildman–Crippen LogP) is 3.38. The fraction of sp³-hybridized carbons (Fsp3) is 0.625. The highest BCUT2D eigenvalue weighted by molar-refractivity contribution is 5.85. The van der Waals surface area contributed by atoms with Crippen LogP contribution in [0, 0.1) is 18.7 Å². The average molecular weight is 301 g/mol. The van der Waals surface area contributed by atoms with Crippen LogP contribution in [0.1, 0.15) is 30.4 Å². The molecule has 2 nitrogen and oxygen atoms in total. The monoisotopic (exact) mass is 300 g/mol. The van der Waals surface area contributed by atoms with E-state index in [1.54, 1.807) is 12.1 Å². The van der Waals surface area contributed by atoms with E-state index in [0.717, 1.165) is 37.7 Å². The first kappa shape index (κ1) is 17.4. The summed E-state index contributed by atoms with van der Waals surface area (Å²) < 4.78 is 13.3. The molecule has 0 bridgehead atoms. The summed E-state index contributed by atoms with van der Waals surface area (Å²) in [6.07, 6.45) is 3.83. The van der Waals surface area contributed by atoms with Crippen molar-refractivity contribution in [1.82, 2.24) is 10.2 Å². The van der Waals surface area contributed by atoms with Gasteiger partial charge < -0.3 is 5.32 Å². The first-order valence-electron chi connectivity index (χ1n) is 7.31. The van der Waals surface area contributed by atoms with Gasteiger partial charge in [-0.15, -0.1) is 12.4 Å². The van der Waals surface area contributed by atoms with Crippen molar-refractivity contribution in [2.75, 3.05) is 26.7 Å². The van der Waals surface area contributed by atoms with Gasteiger partial charge in [-0.2, -0.15) is 0 Å². The topological polar surface area (TPSA) is 15.3 Å². The lowest BCUT2D eigenvalue weighted by molar-refractivity contribution is 0.172. The number of hydrogen-bond acceptors (Lipinski definition) is 2. The molecular formula is C16H26ClFN2. The number of aryl methyl sites for hydroxylation is 1. The zero-order chi connectivity index (χ0) is 13.7. The van der Waals surface area contributed by atoms with Crippen LogP contribution in [0.4, 0.5) is 4.39 Å². The molecular weight excluding hydrogens is 275 g/mol. The molecule has 0 aromatic heterocycles. The Morgan fingerprint density at radius 3 is 2.65 bits per heavy atom. The van der Waals surface area contributed by atoms with E-state index in [0.29, 0.717) is 0 Å². The van der Waals surface area contributed by atoms with Gasteiger partial charge >= 0.3 is 0 Å². The number of nitrogens with one attached hydrogen (secondary N) is 1. The third-order valence-corrected chi connectivity index (χ3v) is 4.21. The number of halogens is 2. The van der Waals surface area contributed by atoms with Crippen molar-refractivity contribution in [3.05, 3.63) is 35.1 Å². The van der Waals surface area contributed by atoms with Crippen molar-refractivity contribution in [3.63, 3.8) is 0 Å². The molecule has 0 radical (unpaired) electrons. The van der Waals surface area contributed by atoms with Crippen LogP contribution in [0.25, 0.3) is 0 Å². The molecule has 0 saturated carbocycles. The summed E-state index contributed by atoms with van der Waals surface area (Å²) in [6.45, 7) is 6.36. The SMILES string of the molecule is CNCCC1CCN(Cc2cc(F)ccc2C)CC1.Cl. The Morgan fingerprint density at radius 2 is 2.00 bits per heavy atom. The smallest absolute Gasteiger partial charge is 0.123 e. The quantitative estimate of drug-likeness (QED) is 0.897. The zero-order valence-corrected chi connectivity index (χ0v) is 13.3. The summed E-state index contributed by atoms with van der Waals surface area (Å²) in [5, 5.41) is 3.22. The molecule has 20 heavy (non-hydrogen) atoms. The lowest BCUT2D eigenvalue weighted by Crippen LogP contribution is -2.34. The van der Waals surface area contributed by atoms with Crippen LogP contribution < -0.4 is 5.32 Å². The first-order chi connectivity index (χ1) is 9.19. The molecule has 1 fully saturated rings. The summed E-state index contributed by atoms with van der Waals surface area (Å²) in [4.78, 5) is 2.46. The maximum atomic E-state index is 13.3. The minimum absolute atomic E-state index is 0. The molecule has 114 valence electrons. The number of hydrogen-bond donors (Lipinski definition) is 1. The second kappa shape index (κ2) is 8.60. The summed E-state index contributed by atoms with van der Waals surface area (Å²) >= 11 is 0. The van der Waals surface area contributed by atoms with Gasteiger partial charge in [-0.25, -0.2) is 4.39 Å². The molecule has 0 amide bonds. The summed E-state index contributed by atoms with van der Waals surface area (Å²) in [7, 11) is 2.02. The molecule has 0 unspecified atom stereocenters. The van der Waals surface area contributed by atoms with Crippen LogP contribution in [-0.4, -0.2) is 31.6 Å². The molecule has 1 N–H and O–H groups in total. The van der Waals surface area contributed by atoms with Crippen LogP contribution in [0.2, 0.25) is 0 Å². The minimum atomic E-state index is -0.121. The Balaban J connectivity index is 0.00000200. The van der Waals surface area contributed by atoms with Crippen molar-refractivity contribution in [2.24, 2.45) is 5.92 Å². The third kappa shape index (κ3) is 5.04. The van der Waals surface area contributed by atoms with Crippen LogP contribution >= 0.6 is 12.4 Å². The largest absolute Gasteiger partial charge is 0.320 e. The van der Waals surface area contributed by atoms with E-state index in [-0.39, 0.29) is 18.2 Å². The van der Waals surface area contributed by atoms with Crippen LogP contribution in [0.15, 0.2) is 18.2 Å². The summed E-state index contributed by atoms with van der Waals surface area (Å²) in [5.41, 5.74) is 2.33. The van der Waals surface area contributed by atoms with Gasteiger partial charge in [0.2, 0.25) is 0 Å². The molecule has 1 aliphatic rings. The Hall–Kier alpha value is -0.640. The fourth-order valence-electron chi connectivity index (χ4n) is 2.83. The van der Waals surface area contributed by atoms with Crippen LogP contribution in [-0.2, 0) is 6.54 Å². The highest BCUT2D eigenvalue weighted by Gasteiger charge is 2.19. The predicted molar refractivity (Wildman–Crippen MR) is 84.9 cm³/mol. The van der Waals surface area contributed by atoms with Crippen molar-refractivity contribution in [2.45, 2.75) is 32.7 Å². The molecule has 0 atom stereocenters. The second-order valence-electron chi connectivity index (χ2n) is 5.68. The Bertz CT molecular complexity index is 403. The minimum Gasteiger partial charge on any atom is -0.320 e. The molecule has 2 rings (SSSR count). The molecule has 1 aromatic carbocycles. The lowest BCUT2D eigenvalue weighted by Gasteiger charge is -2.32. The van der Waals surface area contributed by atoms with E-state index in [1.165, 1.54) is 24.8 Å². The molecule has 1 saturated heterocycles. The summed E-state index contributed by atoms with van der Waals surface area (Å²) in [6, 6.07) is 5.11. The van der Waals surface area contributed by atoms with Crippen LogP contribution in [0.5, 0.6) is 0 Å². The summed E-state index contributed by atoms with van der Waals surface area (Å²) in [5.74, 6) is 0.738. The third-order valence-electron chi connectivity index (χ3n) is 4.21. The number of rotatable bonds is 5. The second-order valence-corrected chi connectivity index (χ2v) is 5.68. The van der Waals surface area contributed by atoms with Gasteiger partial charge in [-0.3, -0.25) is 4.90 Å². The number of benzene rings is 1. The molecule has 1 aliphatic heterocycles. The van der Waals surface area contributed by atoms with E-state index >= 15 is 0 Å². The first-order valence-corrected chi connectivity index (χ1v) is 7.31. The van der Waals surface area contributed by atoms with E-state index in [9.17, 15) is 4.39 Å². The molecule has 0 aliphatic carbocycles. The van der Waals surface area contributed by atoms with E-state index in [1.807, 2.05) is 13.1 Å². The fourth-order valence-corrected chi connectivity index (χ4v) is 2.83. The lowest BCUT2D eigenvalue weighted by atomic mass is 9.93. The van der Waals surface area contributed by atoms with Gasteiger partial charge in [0.15, 0.2) is 0 Å². The maximum Gasteiger partial charge on any atom is 0.123 e. The standard InChI is InChI=1S/C16H25FN2.ClH/c1-13-3-4-16(17)11-15(13)12-19-9-6-14(7-10-19)5-8-18-2;/h3-4,11,14,18H,5-10,12H2,1-2H3;1H. The van der Waals surface area contributed by atoms with E-state index in [4.69, 9.17) is 0 Å². The highest BCUT2D eigenvalue weighted by Crippen LogP contribution is 2.22. The van der Waals surface area contributed by atoms with Crippen LogP contribution in [0.3, 0.4) is 0 Å². The van der Waals surface area contributed by atoms with Gasteiger partial charge in [0.25, 0.3) is 0 Å². The Morgan fingerprint density at radius 1 is 1.30 bits per heavy atom. The van der Waals surface area contributed by atoms with Gasteiger partial charge in [-0.05, 0) is 82.0 Å². The van der Waals surface area contributed by atoms with Crippen molar-refractivity contribution >= 4 is 12.4 Å². The van der Waals surface area contributed by atoms with E-state index < -0.39 is 0 Å². The average Bonchev–Trinajstić information content (AvgIpc) is 2.42. The molecule has 1 aromatic rings. The van der Waals surface area contributed by atoms with Gasteiger partial charge in [0.1, 0.15) is 5.82 Å². The number of piperidine rings is 1. The van der Waals surface area contributed by atoms with Crippen molar-refractivity contribution in [1.29, 1.82) is 0 Å². The van der Waals surface area contributed by atoms with Gasteiger partial charge in [-0.1, -0.05) is 6.07 Å². The van der Waals surface area contributed by atoms with Crippen molar-refractivity contribution < 1.29 is 4.39 Å². The van der Waals surface area contributed by atoms with E-state index in [2.05, 4.69) is 17.1 Å². The molecule has 4 heteroatoms. The molecule has 1 heterocycles. The maximum absolute atomic E-state index is 13.3. The zero-order valence-electron chi connectivity index (χ0n) is 12.5. The Labute approximate surface area is 128 Å². The Kier molecular flexibility index (Phi) is 7.49. The van der Waals surface area contributed by atoms with Gasteiger partial charge in [0.05, 0.1) is 0 Å². The number of nitrogens with zero attached hydrogens (tertiary/aromatic N) is 1. The molecule has 0 spiro atoms. The highest BCUT2D eigenvalue weighted by atomic mass is 35.5. The normalized spacial score (nSPS) is 16.9. The number of likely N-dealkylation sites (tertiary alicyclic amines) is 1. The van der Waals surface area contributed by atoms with Crippen molar-refractivity contribution in [3.8, 4) is 0 Å².